The Balaban J connectivity index is 2.28. The van der Waals surface area contributed by atoms with E-state index >= 15 is 0 Å². The molecule has 0 aromatic heterocycles. The molecule has 18 heavy (non-hydrogen) atoms. The smallest absolute Gasteiger partial charge is 0.243 e. The molecule has 1 aliphatic rings. The number of hydrogen-bond donors (Lipinski definition) is 1. The highest BCUT2D eigenvalue weighted by Crippen LogP contribution is 2.29. The van der Waals surface area contributed by atoms with Gasteiger partial charge in [-0.3, -0.25) is 0 Å². The average molecular weight is 287 g/mol. The summed E-state index contributed by atoms with van der Waals surface area (Å²) in [5.41, 5.74) is 0. The van der Waals surface area contributed by atoms with Gasteiger partial charge in [-0.05, 0) is 24.3 Å². The SMILES string of the molecule is CC1CN(S(=O)(=O)c2ccc(O)cc2)CC(C)S1. The van der Waals surface area contributed by atoms with Gasteiger partial charge in [0.2, 0.25) is 10.0 Å². The topological polar surface area (TPSA) is 57.6 Å². The number of phenolic OH excluding ortho intramolecular Hbond substituents is 1. The number of aromatic hydroxyl groups is 1. The van der Waals surface area contributed by atoms with E-state index in [0.29, 0.717) is 23.6 Å². The molecular formula is C12H17NO3S2. The van der Waals surface area contributed by atoms with Crippen LogP contribution in [0.2, 0.25) is 0 Å². The number of hydrogen-bond acceptors (Lipinski definition) is 4. The first kappa shape index (κ1) is 13.7. The van der Waals surface area contributed by atoms with Crippen molar-refractivity contribution in [1.29, 1.82) is 0 Å². The molecule has 6 heteroatoms. The number of benzene rings is 1. The molecule has 0 bridgehead atoms. The molecule has 0 amide bonds. The van der Waals surface area contributed by atoms with Crippen molar-refractivity contribution < 1.29 is 13.5 Å². The Morgan fingerprint density at radius 2 is 1.67 bits per heavy atom. The Hall–Kier alpha value is -0.720. The molecule has 2 unspecified atom stereocenters. The van der Waals surface area contributed by atoms with Crippen LogP contribution in [-0.4, -0.2) is 41.4 Å². The molecule has 0 spiro atoms. The summed E-state index contributed by atoms with van der Waals surface area (Å²) in [6.07, 6.45) is 0. The maximum atomic E-state index is 12.4. The van der Waals surface area contributed by atoms with E-state index in [-0.39, 0.29) is 10.6 Å². The third kappa shape index (κ3) is 2.81. The van der Waals surface area contributed by atoms with Crippen molar-refractivity contribution in [3.8, 4) is 5.75 Å². The monoisotopic (exact) mass is 287 g/mol. The van der Waals surface area contributed by atoms with Gasteiger partial charge in [-0.15, -0.1) is 0 Å². The van der Waals surface area contributed by atoms with Crippen LogP contribution in [0.25, 0.3) is 0 Å². The maximum absolute atomic E-state index is 12.4. The normalized spacial score (nSPS) is 26.1. The number of thioether (sulfide) groups is 1. The van der Waals surface area contributed by atoms with Crippen LogP contribution in [0.15, 0.2) is 29.2 Å². The summed E-state index contributed by atoms with van der Waals surface area (Å²) in [6, 6.07) is 5.69. The third-order valence-electron chi connectivity index (χ3n) is 2.86. The van der Waals surface area contributed by atoms with Crippen molar-refractivity contribution in [2.45, 2.75) is 29.2 Å². The highest BCUT2D eigenvalue weighted by Gasteiger charge is 2.31. The molecule has 2 atom stereocenters. The Kier molecular flexibility index (Phi) is 3.89. The van der Waals surface area contributed by atoms with Gasteiger partial charge in [0, 0.05) is 23.6 Å². The lowest BCUT2D eigenvalue weighted by Gasteiger charge is -2.33. The molecule has 0 radical (unpaired) electrons. The molecule has 1 aromatic carbocycles. The van der Waals surface area contributed by atoms with Crippen molar-refractivity contribution in [1.82, 2.24) is 4.31 Å². The minimum Gasteiger partial charge on any atom is -0.508 e. The van der Waals surface area contributed by atoms with Crippen molar-refractivity contribution >= 4 is 21.8 Å². The first-order valence-electron chi connectivity index (χ1n) is 5.84. The minimum absolute atomic E-state index is 0.0740. The second-order valence-corrected chi connectivity index (χ2v) is 8.39. The standard InChI is InChI=1S/C12H17NO3S2/c1-9-7-13(8-10(2)17-9)18(15,16)12-5-3-11(14)4-6-12/h3-6,9-10,14H,7-8H2,1-2H3. The average Bonchev–Trinajstić information content (AvgIpc) is 2.28. The van der Waals surface area contributed by atoms with Crippen molar-refractivity contribution in [3.63, 3.8) is 0 Å². The van der Waals surface area contributed by atoms with Gasteiger partial charge in [-0.25, -0.2) is 8.42 Å². The molecule has 1 saturated heterocycles. The van der Waals surface area contributed by atoms with E-state index in [1.54, 1.807) is 0 Å². The number of nitrogens with zero attached hydrogens (tertiary/aromatic N) is 1. The molecular weight excluding hydrogens is 270 g/mol. The van der Waals surface area contributed by atoms with Gasteiger partial charge in [-0.2, -0.15) is 16.1 Å². The molecule has 1 fully saturated rings. The van der Waals surface area contributed by atoms with E-state index in [4.69, 9.17) is 0 Å². The number of sulfonamides is 1. The zero-order valence-corrected chi connectivity index (χ0v) is 12.0. The second-order valence-electron chi connectivity index (χ2n) is 4.57. The van der Waals surface area contributed by atoms with Crippen LogP contribution in [0.1, 0.15) is 13.8 Å². The Morgan fingerprint density at radius 3 is 2.17 bits per heavy atom. The largest absolute Gasteiger partial charge is 0.508 e. The fourth-order valence-electron chi connectivity index (χ4n) is 2.09. The summed E-state index contributed by atoms with van der Waals surface area (Å²) < 4.78 is 26.4. The molecule has 2 rings (SSSR count). The van der Waals surface area contributed by atoms with Gasteiger partial charge < -0.3 is 5.11 Å². The lowest BCUT2D eigenvalue weighted by atomic mass is 10.3. The van der Waals surface area contributed by atoms with Crippen molar-refractivity contribution in [3.05, 3.63) is 24.3 Å². The first-order chi connectivity index (χ1) is 8.39. The van der Waals surface area contributed by atoms with E-state index < -0.39 is 10.0 Å². The lowest BCUT2D eigenvalue weighted by molar-refractivity contribution is 0.404. The van der Waals surface area contributed by atoms with Crippen LogP contribution in [0.4, 0.5) is 0 Å². The molecule has 4 nitrogen and oxygen atoms in total. The zero-order valence-electron chi connectivity index (χ0n) is 10.4. The summed E-state index contributed by atoms with van der Waals surface area (Å²) in [5, 5.41) is 9.82. The minimum atomic E-state index is -3.44. The predicted molar refractivity (Wildman–Crippen MR) is 73.4 cm³/mol. The summed E-state index contributed by atoms with van der Waals surface area (Å²) in [4.78, 5) is 0.242. The summed E-state index contributed by atoms with van der Waals surface area (Å²) >= 11 is 1.81. The van der Waals surface area contributed by atoms with Crippen LogP contribution < -0.4 is 0 Å². The Morgan fingerprint density at radius 1 is 1.17 bits per heavy atom. The zero-order chi connectivity index (χ0) is 13.3. The second kappa shape index (κ2) is 5.11. The van der Waals surface area contributed by atoms with Crippen LogP contribution in [-0.2, 0) is 10.0 Å². The van der Waals surface area contributed by atoms with E-state index in [1.807, 2.05) is 25.6 Å². The molecule has 100 valence electrons. The predicted octanol–water partition coefficient (Wildman–Crippen LogP) is 1.91. The van der Waals surface area contributed by atoms with Crippen LogP contribution in [0, 0.1) is 0 Å². The molecule has 0 saturated carbocycles. The third-order valence-corrected chi connectivity index (χ3v) is 5.93. The van der Waals surface area contributed by atoms with Gasteiger partial charge in [-0.1, -0.05) is 13.8 Å². The fraction of sp³-hybridized carbons (Fsp3) is 0.500. The van der Waals surface area contributed by atoms with E-state index in [2.05, 4.69) is 0 Å². The summed E-state index contributed by atoms with van der Waals surface area (Å²) in [6.45, 7) is 5.16. The van der Waals surface area contributed by atoms with Gasteiger partial charge >= 0.3 is 0 Å². The van der Waals surface area contributed by atoms with Crippen LogP contribution >= 0.6 is 11.8 Å². The maximum Gasteiger partial charge on any atom is 0.243 e. The van der Waals surface area contributed by atoms with Crippen LogP contribution in [0.5, 0.6) is 5.75 Å². The van der Waals surface area contributed by atoms with Gasteiger partial charge in [0.05, 0.1) is 4.90 Å². The van der Waals surface area contributed by atoms with Gasteiger partial charge in [0.15, 0.2) is 0 Å². The molecule has 1 N–H and O–H groups in total. The van der Waals surface area contributed by atoms with E-state index in [9.17, 15) is 13.5 Å². The van der Waals surface area contributed by atoms with Crippen molar-refractivity contribution in [2.75, 3.05) is 13.1 Å². The lowest BCUT2D eigenvalue weighted by Crippen LogP contribution is -2.43. The fourth-order valence-corrected chi connectivity index (χ4v) is 5.23. The summed E-state index contributed by atoms with van der Waals surface area (Å²) in [7, 11) is -3.44. The Labute approximate surface area is 112 Å². The van der Waals surface area contributed by atoms with Crippen molar-refractivity contribution in [2.24, 2.45) is 0 Å². The van der Waals surface area contributed by atoms with E-state index in [1.165, 1.54) is 28.6 Å². The molecule has 1 heterocycles. The highest BCUT2D eigenvalue weighted by atomic mass is 32.2. The highest BCUT2D eigenvalue weighted by molar-refractivity contribution is 8.00. The van der Waals surface area contributed by atoms with Gasteiger partial charge in [0.1, 0.15) is 5.75 Å². The van der Waals surface area contributed by atoms with Crippen LogP contribution in [0.3, 0.4) is 0 Å². The quantitative estimate of drug-likeness (QED) is 0.902. The summed E-state index contributed by atoms with van der Waals surface area (Å²) in [5.74, 6) is 0.0740. The van der Waals surface area contributed by atoms with E-state index in [0.717, 1.165) is 0 Å². The van der Waals surface area contributed by atoms with Gasteiger partial charge in [0.25, 0.3) is 0 Å². The number of phenols is 1. The molecule has 0 aliphatic carbocycles. The first-order valence-corrected chi connectivity index (χ1v) is 8.22. The number of rotatable bonds is 2. The molecule has 1 aliphatic heterocycles. The Bertz CT molecular complexity index is 503. The molecule has 1 aromatic rings.